The fourth-order valence-corrected chi connectivity index (χ4v) is 4.33. The molecule has 0 radical (unpaired) electrons. The van der Waals surface area contributed by atoms with Crippen molar-refractivity contribution in [2.45, 2.75) is 13.1 Å². The van der Waals surface area contributed by atoms with Gasteiger partial charge in [0.15, 0.2) is 0 Å². The number of urea groups is 1. The van der Waals surface area contributed by atoms with Crippen LogP contribution in [0.3, 0.4) is 0 Å². The minimum atomic E-state index is -0.404. The molecule has 3 aromatic carbocycles. The highest BCUT2D eigenvalue weighted by molar-refractivity contribution is 6.02. The Bertz CT molecular complexity index is 1160. The van der Waals surface area contributed by atoms with E-state index in [1.807, 2.05) is 30.3 Å². The number of nitrogens with zero attached hydrogens (tertiary/aromatic N) is 3. The van der Waals surface area contributed by atoms with Gasteiger partial charge >= 0.3 is 6.03 Å². The van der Waals surface area contributed by atoms with Crippen LogP contribution in [0.4, 0.5) is 20.6 Å². The van der Waals surface area contributed by atoms with Crippen LogP contribution < -0.4 is 19.7 Å². The number of benzene rings is 3. The number of rotatable bonds is 8. The standard InChI is InChI=1S/C28H33FN4O3/c1-31(28(34)30-24-6-4-5-23(29)18-24)26-17-22(9-12-27(26)36-3)20-33-15-13-32(14-16-33)19-21-7-10-25(35-2)11-8-21/h4-12,17-18H,13-16,19-20H2,1-3H3,(H,30,34). The number of methoxy groups -OCH3 is 2. The van der Waals surface area contributed by atoms with Crippen LogP contribution in [0.15, 0.2) is 66.7 Å². The van der Waals surface area contributed by atoms with E-state index < -0.39 is 5.82 Å². The number of ether oxygens (including phenoxy) is 2. The lowest BCUT2D eigenvalue weighted by atomic mass is 10.1. The van der Waals surface area contributed by atoms with Gasteiger partial charge in [0.2, 0.25) is 0 Å². The summed E-state index contributed by atoms with van der Waals surface area (Å²) >= 11 is 0. The van der Waals surface area contributed by atoms with Crippen LogP contribution >= 0.6 is 0 Å². The summed E-state index contributed by atoms with van der Waals surface area (Å²) in [6.45, 7) is 5.62. The molecule has 1 N–H and O–H groups in total. The summed E-state index contributed by atoms with van der Waals surface area (Å²) in [7, 11) is 4.94. The van der Waals surface area contributed by atoms with Crippen molar-refractivity contribution in [3.63, 3.8) is 0 Å². The summed E-state index contributed by atoms with van der Waals surface area (Å²) in [6.07, 6.45) is 0. The zero-order valence-corrected chi connectivity index (χ0v) is 21.0. The number of piperazine rings is 1. The van der Waals surface area contributed by atoms with Crippen LogP contribution in [-0.4, -0.2) is 63.3 Å². The summed E-state index contributed by atoms with van der Waals surface area (Å²) < 4.78 is 24.3. The molecule has 0 aromatic heterocycles. The highest BCUT2D eigenvalue weighted by atomic mass is 19.1. The number of nitrogens with one attached hydrogen (secondary N) is 1. The third-order valence-corrected chi connectivity index (χ3v) is 6.42. The van der Waals surface area contributed by atoms with Crippen molar-refractivity contribution < 1.29 is 18.7 Å². The molecule has 0 saturated carbocycles. The first-order valence-corrected chi connectivity index (χ1v) is 12.0. The molecule has 1 fully saturated rings. The fraction of sp³-hybridized carbons (Fsp3) is 0.321. The first kappa shape index (κ1) is 25.5. The van der Waals surface area contributed by atoms with Gasteiger partial charge < -0.3 is 14.8 Å². The van der Waals surface area contributed by atoms with Gasteiger partial charge in [0.05, 0.1) is 19.9 Å². The third-order valence-electron chi connectivity index (χ3n) is 6.42. The molecule has 1 aliphatic heterocycles. The smallest absolute Gasteiger partial charge is 0.326 e. The predicted molar refractivity (Wildman–Crippen MR) is 140 cm³/mol. The van der Waals surface area contributed by atoms with Gasteiger partial charge in [0.25, 0.3) is 0 Å². The van der Waals surface area contributed by atoms with Gasteiger partial charge in [-0.3, -0.25) is 14.7 Å². The van der Waals surface area contributed by atoms with Gasteiger partial charge in [-0.1, -0.05) is 24.3 Å². The highest BCUT2D eigenvalue weighted by Crippen LogP contribution is 2.30. The second kappa shape index (κ2) is 11.9. The Balaban J connectivity index is 1.35. The van der Waals surface area contributed by atoms with E-state index in [2.05, 4.69) is 27.2 Å². The molecule has 7 nitrogen and oxygen atoms in total. The van der Waals surface area contributed by atoms with E-state index in [0.29, 0.717) is 17.1 Å². The second-order valence-corrected chi connectivity index (χ2v) is 8.91. The molecule has 1 heterocycles. The molecular formula is C28H33FN4O3. The molecule has 0 bridgehead atoms. The third kappa shape index (κ3) is 6.53. The maximum Gasteiger partial charge on any atom is 0.326 e. The summed E-state index contributed by atoms with van der Waals surface area (Å²) in [5, 5.41) is 2.73. The maximum atomic E-state index is 13.5. The summed E-state index contributed by atoms with van der Waals surface area (Å²) in [5.41, 5.74) is 3.43. The first-order chi connectivity index (χ1) is 17.4. The average molecular weight is 493 g/mol. The van der Waals surface area contributed by atoms with Crippen LogP contribution in [0.2, 0.25) is 0 Å². The van der Waals surface area contributed by atoms with Crippen molar-refractivity contribution in [2.75, 3.05) is 57.7 Å². The zero-order chi connectivity index (χ0) is 25.5. The molecule has 0 unspecified atom stereocenters. The highest BCUT2D eigenvalue weighted by Gasteiger charge is 2.20. The topological polar surface area (TPSA) is 57.3 Å². The summed E-state index contributed by atoms with van der Waals surface area (Å²) in [5.74, 6) is 1.07. The van der Waals surface area contributed by atoms with E-state index in [4.69, 9.17) is 9.47 Å². The SMILES string of the molecule is COc1ccc(CN2CCN(Cc3ccc(OC)c(N(C)C(=O)Nc4cccc(F)c4)c3)CC2)cc1. The quantitative estimate of drug-likeness (QED) is 0.488. The monoisotopic (exact) mass is 492 g/mol. The van der Waals surface area contributed by atoms with Gasteiger partial charge in [0.1, 0.15) is 17.3 Å². The van der Waals surface area contributed by atoms with Crippen LogP contribution in [0.1, 0.15) is 11.1 Å². The number of carbonyl (C=O) groups is 1. The lowest BCUT2D eigenvalue weighted by Crippen LogP contribution is -2.45. The van der Waals surface area contributed by atoms with Gasteiger partial charge in [0, 0.05) is 52.0 Å². The van der Waals surface area contributed by atoms with Crippen molar-refractivity contribution in [2.24, 2.45) is 0 Å². The van der Waals surface area contributed by atoms with Crippen LogP contribution in [0, 0.1) is 5.82 Å². The summed E-state index contributed by atoms with van der Waals surface area (Å²) in [4.78, 5) is 19.2. The Morgan fingerprint density at radius 1 is 0.889 bits per heavy atom. The number of halogens is 1. The lowest BCUT2D eigenvalue weighted by molar-refractivity contribution is 0.122. The fourth-order valence-electron chi connectivity index (χ4n) is 4.33. The number of hydrogen-bond acceptors (Lipinski definition) is 5. The van der Waals surface area contributed by atoms with Crippen molar-refractivity contribution in [1.29, 1.82) is 0 Å². The van der Waals surface area contributed by atoms with Gasteiger partial charge in [-0.25, -0.2) is 9.18 Å². The molecule has 3 aromatic rings. The van der Waals surface area contributed by atoms with E-state index in [-0.39, 0.29) is 6.03 Å². The molecule has 0 atom stereocenters. The van der Waals surface area contributed by atoms with Crippen molar-refractivity contribution in [3.8, 4) is 11.5 Å². The molecule has 190 valence electrons. The first-order valence-electron chi connectivity index (χ1n) is 12.0. The van der Waals surface area contributed by atoms with E-state index in [1.165, 1.54) is 22.6 Å². The molecule has 8 heteroatoms. The van der Waals surface area contributed by atoms with Crippen LogP contribution in [0.25, 0.3) is 0 Å². The average Bonchev–Trinajstić information content (AvgIpc) is 2.90. The van der Waals surface area contributed by atoms with Gasteiger partial charge in [-0.2, -0.15) is 0 Å². The molecule has 1 aliphatic rings. The summed E-state index contributed by atoms with van der Waals surface area (Å²) in [6, 6.07) is 19.6. The Morgan fingerprint density at radius 3 is 2.14 bits per heavy atom. The van der Waals surface area contributed by atoms with Crippen LogP contribution in [0.5, 0.6) is 11.5 Å². The van der Waals surface area contributed by atoms with E-state index >= 15 is 0 Å². The Morgan fingerprint density at radius 2 is 1.53 bits per heavy atom. The number of hydrogen-bond donors (Lipinski definition) is 1. The molecular weight excluding hydrogens is 459 g/mol. The van der Waals surface area contributed by atoms with Crippen molar-refractivity contribution in [1.82, 2.24) is 9.80 Å². The molecule has 4 rings (SSSR count). The minimum absolute atomic E-state index is 0.372. The second-order valence-electron chi connectivity index (χ2n) is 8.91. The van der Waals surface area contributed by atoms with Gasteiger partial charge in [-0.15, -0.1) is 0 Å². The molecule has 0 aliphatic carbocycles. The normalized spacial score (nSPS) is 14.3. The minimum Gasteiger partial charge on any atom is -0.497 e. The van der Waals surface area contributed by atoms with E-state index in [9.17, 15) is 9.18 Å². The van der Waals surface area contributed by atoms with Crippen LogP contribution in [-0.2, 0) is 13.1 Å². The Kier molecular flexibility index (Phi) is 8.40. The van der Waals surface area contributed by atoms with E-state index in [1.54, 1.807) is 33.4 Å². The van der Waals surface area contributed by atoms with Crippen molar-refractivity contribution in [3.05, 3.63) is 83.7 Å². The van der Waals surface area contributed by atoms with Gasteiger partial charge in [-0.05, 0) is 53.6 Å². The molecule has 2 amide bonds. The zero-order valence-electron chi connectivity index (χ0n) is 21.0. The maximum absolute atomic E-state index is 13.5. The Labute approximate surface area is 212 Å². The number of anilines is 2. The predicted octanol–water partition coefficient (Wildman–Crippen LogP) is 4.83. The largest absolute Gasteiger partial charge is 0.497 e. The van der Waals surface area contributed by atoms with E-state index in [0.717, 1.165) is 50.6 Å². The van der Waals surface area contributed by atoms with Crippen molar-refractivity contribution >= 4 is 17.4 Å². The lowest BCUT2D eigenvalue weighted by Gasteiger charge is -2.35. The molecule has 1 saturated heterocycles. The number of amides is 2. The Hall–Kier alpha value is -3.62. The molecule has 36 heavy (non-hydrogen) atoms. The number of carbonyl (C=O) groups excluding carboxylic acids is 1. The molecule has 0 spiro atoms.